The number of terminal acetylenes is 1. The van der Waals surface area contributed by atoms with Gasteiger partial charge in [-0.05, 0) is 44.4 Å². The van der Waals surface area contributed by atoms with Gasteiger partial charge in [0, 0.05) is 13.0 Å². The Bertz CT molecular complexity index is 360. The molecule has 0 amide bonds. The predicted octanol–water partition coefficient (Wildman–Crippen LogP) is 3.20. The number of unbranched alkanes of at least 4 members (excludes halogenated alkanes) is 2. The molecule has 1 aromatic carbocycles. The normalized spacial score (nSPS) is 10.1. The van der Waals surface area contributed by atoms with Crippen LogP contribution in [-0.2, 0) is 6.54 Å². The maximum Gasteiger partial charge on any atom is 0.0208 e. The number of benzene rings is 1. The van der Waals surface area contributed by atoms with Crippen LogP contribution in [0, 0.1) is 26.2 Å². The van der Waals surface area contributed by atoms with Crippen molar-refractivity contribution in [1.82, 2.24) is 5.32 Å². The maximum atomic E-state index is 5.20. The van der Waals surface area contributed by atoms with Gasteiger partial charge >= 0.3 is 0 Å². The first kappa shape index (κ1) is 12.8. The van der Waals surface area contributed by atoms with Gasteiger partial charge in [-0.2, -0.15) is 0 Å². The SMILES string of the molecule is C#CCCCCNCc1cc(C)ccc1C. The highest BCUT2D eigenvalue weighted by Gasteiger charge is 1.97. The molecule has 1 rings (SSSR count). The average molecular weight is 215 g/mol. The lowest BCUT2D eigenvalue weighted by Crippen LogP contribution is -2.15. The highest BCUT2D eigenvalue weighted by Crippen LogP contribution is 2.10. The van der Waals surface area contributed by atoms with Gasteiger partial charge in [0.05, 0.1) is 0 Å². The third-order valence-corrected chi connectivity index (χ3v) is 2.74. The fourth-order valence-corrected chi connectivity index (χ4v) is 1.69. The van der Waals surface area contributed by atoms with Crippen molar-refractivity contribution in [2.45, 2.75) is 39.7 Å². The zero-order valence-electron chi connectivity index (χ0n) is 10.3. The number of rotatable bonds is 6. The molecule has 1 aromatic rings. The van der Waals surface area contributed by atoms with Gasteiger partial charge in [0.1, 0.15) is 0 Å². The van der Waals surface area contributed by atoms with Crippen molar-refractivity contribution in [3.63, 3.8) is 0 Å². The Morgan fingerprint density at radius 2 is 2.06 bits per heavy atom. The number of hydrogen-bond donors (Lipinski definition) is 1. The maximum absolute atomic E-state index is 5.20. The minimum absolute atomic E-state index is 0.894. The van der Waals surface area contributed by atoms with Crippen LogP contribution in [-0.4, -0.2) is 6.54 Å². The van der Waals surface area contributed by atoms with Crippen LogP contribution in [0.25, 0.3) is 0 Å². The van der Waals surface area contributed by atoms with E-state index in [1.807, 2.05) is 0 Å². The van der Waals surface area contributed by atoms with E-state index in [-0.39, 0.29) is 0 Å². The van der Waals surface area contributed by atoms with Gasteiger partial charge in [-0.25, -0.2) is 0 Å². The first-order valence-corrected chi connectivity index (χ1v) is 5.94. The molecular formula is C15H21N. The second-order valence-electron chi connectivity index (χ2n) is 4.27. The Kier molecular flexibility index (Phi) is 5.67. The summed E-state index contributed by atoms with van der Waals surface area (Å²) in [4.78, 5) is 0. The Balaban J connectivity index is 2.27. The lowest BCUT2D eigenvalue weighted by atomic mass is 10.1. The Morgan fingerprint density at radius 1 is 1.25 bits per heavy atom. The van der Waals surface area contributed by atoms with Crippen molar-refractivity contribution >= 4 is 0 Å². The predicted molar refractivity (Wildman–Crippen MR) is 70.3 cm³/mol. The van der Waals surface area contributed by atoms with E-state index in [9.17, 15) is 0 Å². The smallest absolute Gasteiger partial charge is 0.0208 e. The van der Waals surface area contributed by atoms with Crippen molar-refractivity contribution < 1.29 is 0 Å². The van der Waals surface area contributed by atoms with E-state index in [2.05, 4.69) is 43.3 Å². The summed E-state index contributed by atoms with van der Waals surface area (Å²) in [6.07, 6.45) is 8.38. The van der Waals surface area contributed by atoms with Crippen molar-refractivity contribution in [2.75, 3.05) is 6.54 Å². The summed E-state index contributed by atoms with van der Waals surface area (Å²) in [5.74, 6) is 2.67. The third-order valence-electron chi connectivity index (χ3n) is 2.74. The van der Waals surface area contributed by atoms with E-state index in [1.54, 1.807) is 0 Å². The average Bonchev–Trinajstić information content (AvgIpc) is 2.28. The fraction of sp³-hybridized carbons (Fsp3) is 0.467. The highest BCUT2D eigenvalue weighted by molar-refractivity contribution is 5.30. The van der Waals surface area contributed by atoms with E-state index in [0.717, 1.165) is 32.4 Å². The van der Waals surface area contributed by atoms with Gasteiger partial charge < -0.3 is 5.32 Å². The fourth-order valence-electron chi connectivity index (χ4n) is 1.69. The van der Waals surface area contributed by atoms with E-state index in [0.29, 0.717) is 0 Å². The summed E-state index contributed by atoms with van der Waals surface area (Å²) in [5, 5.41) is 3.46. The van der Waals surface area contributed by atoms with Crippen LogP contribution in [0.5, 0.6) is 0 Å². The van der Waals surface area contributed by atoms with Gasteiger partial charge in [0.25, 0.3) is 0 Å². The largest absolute Gasteiger partial charge is 0.313 e. The van der Waals surface area contributed by atoms with Crippen LogP contribution in [0.2, 0.25) is 0 Å². The standard InChI is InChI=1S/C15H21N/c1-4-5-6-7-10-16-12-15-11-13(2)8-9-14(15)3/h1,8-9,11,16H,5-7,10,12H2,2-3H3. The van der Waals surface area contributed by atoms with Crippen LogP contribution >= 0.6 is 0 Å². The number of aryl methyl sites for hydroxylation is 2. The van der Waals surface area contributed by atoms with Crippen LogP contribution < -0.4 is 5.32 Å². The lowest BCUT2D eigenvalue weighted by Gasteiger charge is -2.08. The highest BCUT2D eigenvalue weighted by atomic mass is 14.8. The Morgan fingerprint density at radius 3 is 2.81 bits per heavy atom. The molecule has 0 bridgehead atoms. The minimum Gasteiger partial charge on any atom is -0.313 e. The molecule has 86 valence electrons. The molecule has 1 nitrogen and oxygen atoms in total. The zero-order valence-corrected chi connectivity index (χ0v) is 10.3. The van der Waals surface area contributed by atoms with Crippen molar-refractivity contribution in [3.8, 4) is 12.3 Å². The van der Waals surface area contributed by atoms with E-state index in [1.165, 1.54) is 16.7 Å². The first-order valence-electron chi connectivity index (χ1n) is 5.94. The molecule has 1 heteroatoms. The molecule has 0 aromatic heterocycles. The van der Waals surface area contributed by atoms with Crippen LogP contribution in [0.1, 0.15) is 36.0 Å². The Hall–Kier alpha value is -1.26. The zero-order chi connectivity index (χ0) is 11.8. The summed E-state index contributed by atoms with van der Waals surface area (Å²) in [6, 6.07) is 6.60. The molecule has 0 atom stereocenters. The summed E-state index contributed by atoms with van der Waals surface area (Å²) in [5.41, 5.74) is 4.09. The van der Waals surface area contributed by atoms with Gasteiger partial charge in [-0.3, -0.25) is 0 Å². The van der Waals surface area contributed by atoms with Gasteiger partial charge in [0.2, 0.25) is 0 Å². The third kappa shape index (κ3) is 4.51. The second kappa shape index (κ2) is 7.09. The molecule has 1 N–H and O–H groups in total. The van der Waals surface area contributed by atoms with Crippen LogP contribution in [0.15, 0.2) is 18.2 Å². The van der Waals surface area contributed by atoms with Crippen molar-refractivity contribution in [1.29, 1.82) is 0 Å². The molecule has 0 unspecified atom stereocenters. The molecule has 0 aliphatic heterocycles. The molecule has 0 aliphatic carbocycles. The van der Waals surface area contributed by atoms with E-state index < -0.39 is 0 Å². The van der Waals surface area contributed by atoms with E-state index >= 15 is 0 Å². The van der Waals surface area contributed by atoms with Crippen molar-refractivity contribution in [3.05, 3.63) is 34.9 Å². The molecular weight excluding hydrogens is 194 g/mol. The summed E-state index contributed by atoms with van der Waals surface area (Å²) in [7, 11) is 0. The molecule has 0 heterocycles. The first-order chi connectivity index (χ1) is 7.74. The summed E-state index contributed by atoms with van der Waals surface area (Å²) in [6.45, 7) is 6.31. The van der Waals surface area contributed by atoms with E-state index in [4.69, 9.17) is 6.42 Å². The summed E-state index contributed by atoms with van der Waals surface area (Å²) < 4.78 is 0. The molecule has 0 radical (unpaired) electrons. The molecule has 16 heavy (non-hydrogen) atoms. The molecule has 0 saturated carbocycles. The topological polar surface area (TPSA) is 12.0 Å². The summed E-state index contributed by atoms with van der Waals surface area (Å²) >= 11 is 0. The number of nitrogens with one attached hydrogen (secondary N) is 1. The number of hydrogen-bond acceptors (Lipinski definition) is 1. The van der Waals surface area contributed by atoms with Crippen molar-refractivity contribution in [2.24, 2.45) is 0 Å². The van der Waals surface area contributed by atoms with Gasteiger partial charge in [0.15, 0.2) is 0 Å². The van der Waals surface area contributed by atoms with Crippen LogP contribution in [0.3, 0.4) is 0 Å². The van der Waals surface area contributed by atoms with Crippen LogP contribution in [0.4, 0.5) is 0 Å². The quantitative estimate of drug-likeness (QED) is 0.567. The second-order valence-corrected chi connectivity index (χ2v) is 4.27. The molecule has 0 aliphatic rings. The molecule has 0 fully saturated rings. The minimum atomic E-state index is 0.894. The van der Waals surface area contributed by atoms with Gasteiger partial charge in [-0.15, -0.1) is 12.3 Å². The molecule has 0 saturated heterocycles. The molecule has 0 spiro atoms. The monoisotopic (exact) mass is 215 g/mol. The van der Waals surface area contributed by atoms with Gasteiger partial charge in [-0.1, -0.05) is 23.8 Å². The Labute approximate surface area is 99.3 Å². The lowest BCUT2D eigenvalue weighted by molar-refractivity contribution is 0.628.